The van der Waals surface area contributed by atoms with Gasteiger partial charge in [0.25, 0.3) is 5.91 Å². The van der Waals surface area contributed by atoms with Crippen LogP contribution >= 0.6 is 0 Å². The molecule has 0 saturated carbocycles. The van der Waals surface area contributed by atoms with Crippen molar-refractivity contribution < 1.29 is 14.3 Å². The van der Waals surface area contributed by atoms with E-state index in [0.717, 1.165) is 16.7 Å². The molecule has 0 spiro atoms. The summed E-state index contributed by atoms with van der Waals surface area (Å²) in [5, 5.41) is 5.81. The Labute approximate surface area is 173 Å². The van der Waals surface area contributed by atoms with Gasteiger partial charge in [0.2, 0.25) is 5.91 Å². The van der Waals surface area contributed by atoms with Crippen molar-refractivity contribution >= 4 is 11.8 Å². The third-order valence-electron chi connectivity index (χ3n) is 4.59. The number of hydrogen-bond donors (Lipinski definition) is 2. The third-order valence-corrected chi connectivity index (χ3v) is 4.59. The normalized spacial score (nSPS) is 12.1. The van der Waals surface area contributed by atoms with Crippen LogP contribution in [0.25, 0.3) is 0 Å². The van der Waals surface area contributed by atoms with E-state index in [1.54, 1.807) is 12.1 Å². The van der Waals surface area contributed by atoms with Gasteiger partial charge in [0.1, 0.15) is 6.04 Å². The number of carbonyl (C=O) groups is 2. The standard InChI is InChI=1S/C24H32N2O3/c1-16(2)22(26-23(27)21-11-9-18(5)10-12-21)24(28)25-14-19-7-6-8-20(13-19)15-29-17(3)4/h6-13,16-17,22H,14-15H2,1-5H3,(H,25,28)(H,26,27). The van der Waals surface area contributed by atoms with Crippen LogP contribution in [0, 0.1) is 12.8 Å². The molecular formula is C24H32N2O3. The van der Waals surface area contributed by atoms with Crippen molar-refractivity contribution in [2.24, 2.45) is 5.92 Å². The Kier molecular flexibility index (Phi) is 8.40. The fourth-order valence-corrected chi connectivity index (χ4v) is 2.86. The SMILES string of the molecule is Cc1ccc(C(=O)NC(C(=O)NCc2cccc(COC(C)C)c2)C(C)C)cc1. The van der Waals surface area contributed by atoms with E-state index in [2.05, 4.69) is 10.6 Å². The molecule has 2 aromatic carbocycles. The van der Waals surface area contributed by atoms with Crippen molar-refractivity contribution in [2.45, 2.75) is 59.9 Å². The van der Waals surface area contributed by atoms with Gasteiger partial charge in [0, 0.05) is 12.1 Å². The van der Waals surface area contributed by atoms with Crippen LogP contribution in [0.2, 0.25) is 0 Å². The highest BCUT2D eigenvalue weighted by Crippen LogP contribution is 2.10. The molecule has 0 heterocycles. The molecule has 0 aliphatic carbocycles. The number of hydrogen-bond acceptors (Lipinski definition) is 3. The summed E-state index contributed by atoms with van der Waals surface area (Å²) >= 11 is 0. The number of benzene rings is 2. The van der Waals surface area contributed by atoms with Gasteiger partial charge in [-0.25, -0.2) is 0 Å². The van der Waals surface area contributed by atoms with Gasteiger partial charge in [-0.15, -0.1) is 0 Å². The zero-order valence-corrected chi connectivity index (χ0v) is 18.0. The highest BCUT2D eigenvalue weighted by Gasteiger charge is 2.24. The molecule has 0 saturated heterocycles. The maximum Gasteiger partial charge on any atom is 0.251 e. The minimum absolute atomic E-state index is 0.0322. The van der Waals surface area contributed by atoms with E-state index in [4.69, 9.17) is 4.74 Å². The van der Waals surface area contributed by atoms with Crippen LogP contribution in [0.1, 0.15) is 54.7 Å². The van der Waals surface area contributed by atoms with Gasteiger partial charge in [-0.1, -0.05) is 55.8 Å². The van der Waals surface area contributed by atoms with Gasteiger partial charge in [-0.05, 0) is 49.9 Å². The molecular weight excluding hydrogens is 364 g/mol. The predicted octanol–water partition coefficient (Wildman–Crippen LogP) is 3.99. The molecule has 0 fully saturated rings. The maximum absolute atomic E-state index is 12.7. The first-order valence-corrected chi connectivity index (χ1v) is 10.1. The lowest BCUT2D eigenvalue weighted by Crippen LogP contribution is -2.49. The molecule has 29 heavy (non-hydrogen) atoms. The molecule has 0 radical (unpaired) electrons. The first-order chi connectivity index (χ1) is 13.8. The minimum atomic E-state index is -0.601. The van der Waals surface area contributed by atoms with Crippen LogP contribution in [-0.4, -0.2) is 24.0 Å². The molecule has 156 valence electrons. The molecule has 2 amide bonds. The maximum atomic E-state index is 12.7. The van der Waals surface area contributed by atoms with Crippen molar-refractivity contribution in [3.63, 3.8) is 0 Å². The number of aryl methyl sites for hydroxylation is 1. The molecule has 5 nitrogen and oxygen atoms in total. The zero-order valence-electron chi connectivity index (χ0n) is 18.0. The van der Waals surface area contributed by atoms with Gasteiger partial charge in [0.05, 0.1) is 12.7 Å². The fourth-order valence-electron chi connectivity index (χ4n) is 2.86. The first-order valence-electron chi connectivity index (χ1n) is 10.1. The van der Waals surface area contributed by atoms with E-state index < -0.39 is 6.04 Å². The first kappa shape index (κ1) is 22.6. The summed E-state index contributed by atoms with van der Waals surface area (Å²) in [6, 6.07) is 14.7. The summed E-state index contributed by atoms with van der Waals surface area (Å²) in [7, 11) is 0. The Bertz CT molecular complexity index is 813. The molecule has 0 aliphatic rings. The number of amides is 2. The summed E-state index contributed by atoms with van der Waals surface area (Å²) in [5.74, 6) is -0.467. The Hall–Kier alpha value is -2.66. The van der Waals surface area contributed by atoms with Crippen LogP contribution in [0.3, 0.4) is 0 Å². The second-order valence-corrected chi connectivity index (χ2v) is 7.96. The van der Waals surface area contributed by atoms with Crippen molar-refractivity contribution in [3.8, 4) is 0 Å². The average Bonchev–Trinajstić information content (AvgIpc) is 2.69. The van der Waals surface area contributed by atoms with E-state index in [1.165, 1.54) is 0 Å². The summed E-state index contributed by atoms with van der Waals surface area (Å²) in [6.45, 7) is 10.8. The van der Waals surface area contributed by atoms with E-state index in [-0.39, 0.29) is 23.8 Å². The van der Waals surface area contributed by atoms with Crippen molar-refractivity contribution in [3.05, 3.63) is 70.8 Å². The smallest absolute Gasteiger partial charge is 0.251 e. The topological polar surface area (TPSA) is 67.4 Å². The van der Waals surface area contributed by atoms with Crippen LogP contribution < -0.4 is 10.6 Å². The van der Waals surface area contributed by atoms with E-state index in [9.17, 15) is 9.59 Å². The Balaban J connectivity index is 1.96. The van der Waals surface area contributed by atoms with Crippen molar-refractivity contribution in [1.29, 1.82) is 0 Å². The van der Waals surface area contributed by atoms with Gasteiger partial charge >= 0.3 is 0 Å². The van der Waals surface area contributed by atoms with Crippen LogP contribution in [0.4, 0.5) is 0 Å². The summed E-state index contributed by atoms with van der Waals surface area (Å²) in [5.41, 5.74) is 3.70. The number of carbonyl (C=O) groups excluding carboxylic acids is 2. The number of ether oxygens (including phenoxy) is 1. The van der Waals surface area contributed by atoms with Crippen LogP contribution in [-0.2, 0) is 22.7 Å². The van der Waals surface area contributed by atoms with Gasteiger partial charge < -0.3 is 15.4 Å². The molecule has 2 N–H and O–H groups in total. The quantitative estimate of drug-likeness (QED) is 0.673. The third kappa shape index (κ3) is 7.35. The highest BCUT2D eigenvalue weighted by atomic mass is 16.5. The van der Waals surface area contributed by atoms with E-state index >= 15 is 0 Å². The lowest BCUT2D eigenvalue weighted by atomic mass is 10.0. The lowest BCUT2D eigenvalue weighted by Gasteiger charge is -2.22. The summed E-state index contributed by atoms with van der Waals surface area (Å²) in [4.78, 5) is 25.2. The van der Waals surface area contributed by atoms with Crippen LogP contribution in [0.5, 0.6) is 0 Å². The lowest BCUT2D eigenvalue weighted by molar-refractivity contribution is -0.124. The van der Waals surface area contributed by atoms with Gasteiger partial charge in [-0.3, -0.25) is 9.59 Å². The highest BCUT2D eigenvalue weighted by molar-refractivity contribution is 5.97. The summed E-state index contributed by atoms with van der Waals surface area (Å²) in [6.07, 6.45) is 0.169. The van der Waals surface area contributed by atoms with Crippen LogP contribution in [0.15, 0.2) is 48.5 Å². The molecule has 0 aliphatic heterocycles. The van der Waals surface area contributed by atoms with E-state index in [1.807, 2.05) is 71.0 Å². The Morgan fingerprint density at radius 1 is 0.966 bits per heavy atom. The monoisotopic (exact) mass is 396 g/mol. The van der Waals surface area contributed by atoms with Gasteiger partial charge in [-0.2, -0.15) is 0 Å². The van der Waals surface area contributed by atoms with Crippen molar-refractivity contribution in [2.75, 3.05) is 0 Å². The number of nitrogens with one attached hydrogen (secondary N) is 2. The Morgan fingerprint density at radius 2 is 1.62 bits per heavy atom. The molecule has 1 atom stereocenters. The molecule has 5 heteroatoms. The minimum Gasteiger partial charge on any atom is -0.374 e. The second-order valence-electron chi connectivity index (χ2n) is 7.96. The second kappa shape index (κ2) is 10.8. The Morgan fingerprint density at radius 3 is 2.24 bits per heavy atom. The van der Waals surface area contributed by atoms with Gasteiger partial charge in [0.15, 0.2) is 0 Å². The molecule has 2 rings (SSSR count). The molecule has 0 aromatic heterocycles. The predicted molar refractivity (Wildman–Crippen MR) is 115 cm³/mol. The van der Waals surface area contributed by atoms with E-state index in [0.29, 0.717) is 18.7 Å². The zero-order chi connectivity index (χ0) is 21.4. The number of rotatable bonds is 9. The average molecular weight is 397 g/mol. The fraction of sp³-hybridized carbons (Fsp3) is 0.417. The molecule has 2 aromatic rings. The molecule has 0 bridgehead atoms. The van der Waals surface area contributed by atoms with Crippen molar-refractivity contribution in [1.82, 2.24) is 10.6 Å². The summed E-state index contributed by atoms with van der Waals surface area (Å²) < 4.78 is 5.64. The molecule has 1 unspecified atom stereocenters. The largest absolute Gasteiger partial charge is 0.374 e.